The molecule has 2 aromatic rings. The van der Waals surface area contributed by atoms with Gasteiger partial charge in [-0.1, -0.05) is 6.07 Å². The summed E-state index contributed by atoms with van der Waals surface area (Å²) in [4.78, 5) is 14.8. The number of amides is 1. The molecule has 0 aliphatic rings. The summed E-state index contributed by atoms with van der Waals surface area (Å²) < 4.78 is 12.9. The van der Waals surface area contributed by atoms with Gasteiger partial charge in [-0.15, -0.1) is 11.3 Å². The lowest BCUT2D eigenvalue weighted by Crippen LogP contribution is -2.38. The quantitative estimate of drug-likeness (QED) is 0.934. The average Bonchev–Trinajstić information content (AvgIpc) is 2.94. The largest absolute Gasteiger partial charge is 0.316 e. The van der Waals surface area contributed by atoms with Crippen molar-refractivity contribution in [3.63, 3.8) is 0 Å². The first kappa shape index (κ1) is 13.7. The minimum absolute atomic E-state index is 0.184. The summed E-state index contributed by atoms with van der Waals surface area (Å²) in [6.07, 6.45) is 0. The number of hydrogen-bond donors (Lipinski definition) is 1. The molecule has 0 fully saturated rings. The highest BCUT2D eigenvalue weighted by molar-refractivity contribution is 7.10. The van der Waals surface area contributed by atoms with E-state index >= 15 is 0 Å². The molecule has 2 N–H and O–H groups in total. The topological polar surface area (TPSA) is 46.3 Å². The maximum absolute atomic E-state index is 12.9. The number of nitrogens with zero attached hydrogens (tertiary/aromatic N) is 1. The van der Waals surface area contributed by atoms with Gasteiger partial charge in [0, 0.05) is 17.1 Å². The van der Waals surface area contributed by atoms with Gasteiger partial charge in [-0.3, -0.25) is 4.79 Å². The molecule has 0 bridgehead atoms. The first-order valence-corrected chi connectivity index (χ1v) is 6.87. The minimum Gasteiger partial charge on any atom is -0.316 e. The summed E-state index contributed by atoms with van der Waals surface area (Å²) in [6.45, 7) is 2.35. The molecule has 19 heavy (non-hydrogen) atoms. The maximum Gasteiger partial charge on any atom is 0.249 e. The van der Waals surface area contributed by atoms with Crippen LogP contribution in [-0.4, -0.2) is 12.5 Å². The Labute approximate surface area is 115 Å². The smallest absolute Gasteiger partial charge is 0.249 e. The molecule has 0 spiro atoms. The Morgan fingerprint density at radius 2 is 2.05 bits per heavy atom. The number of thiophene rings is 1. The van der Waals surface area contributed by atoms with Crippen molar-refractivity contribution in [3.05, 3.63) is 52.5 Å². The predicted octanol–water partition coefficient (Wildman–Crippen LogP) is 2.94. The van der Waals surface area contributed by atoms with Gasteiger partial charge in [-0.2, -0.15) is 0 Å². The first-order valence-electron chi connectivity index (χ1n) is 5.99. The summed E-state index contributed by atoms with van der Waals surface area (Å²) in [7, 11) is 0. The number of carbonyl (C=O) groups is 1. The van der Waals surface area contributed by atoms with Gasteiger partial charge in [-0.25, -0.2) is 4.39 Å². The molecule has 100 valence electrons. The summed E-state index contributed by atoms with van der Waals surface area (Å²) in [6, 6.07) is 8.86. The van der Waals surface area contributed by atoms with Crippen molar-refractivity contribution in [2.45, 2.75) is 13.0 Å². The van der Waals surface area contributed by atoms with Crippen LogP contribution in [0.25, 0.3) is 0 Å². The second-order valence-corrected chi connectivity index (χ2v) is 5.03. The Hall–Kier alpha value is -1.72. The van der Waals surface area contributed by atoms with Crippen LogP contribution in [-0.2, 0) is 4.79 Å². The van der Waals surface area contributed by atoms with Crippen molar-refractivity contribution in [1.29, 1.82) is 0 Å². The summed E-state index contributed by atoms with van der Waals surface area (Å²) >= 11 is 1.45. The molecule has 1 unspecified atom stereocenters. The fourth-order valence-corrected chi connectivity index (χ4v) is 2.56. The van der Waals surface area contributed by atoms with Crippen LogP contribution < -0.4 is 10.6 Å². The lowest BCUT2D eigenvalue weighted by Gasteiger charge is -2.24. The molecule has 1 aromatic carbocycles. The Bertz CT molecular complexity index is 539. The second-order valence-electron chi connectivity index (χ2n) is 4.05. The lowest BCUT2D eigenvalue weighted by atomic mass is 10.2. The van der Waals surface area contributed by atoms with Gasteiger partial charge in [0.15, 0.2) is 0 Å². The van der Waals surface area contributed by atoms with E-state index in [9.17, 15) is 9.18 Å². The zero-order valence-corrected chi connectivity index (χ0v) is 11.4. The minimum atomic E-state index is -0.676. The maximum atomic E-state index is 12.9. The lowest BCUT2D eigenvalue weighted by molar-refractivity contribution is -0.119. The van der Waals surface area contributed by atoms with Gasteiger partial charge in [0.05, 0.1) is 0 Å². The van der Waals surface area contributed by atoms with Gasteiger partial charge in [-0.05, 0) is 42.6 Å². The molecule has 1 atom stereocenters. The van der Waals surface area contributed by atoms with Crippen LogP contribution in [0.15, 0.2) is 41.8 Å². The van der Waals surface area contributed by atoms with Gasteiger partial charge in [0.1, 0.15) is 11.9 Å². The third-order valence-electron chi connectivity index (χ3n) is 2.84. The average molecular weight is 278 g/mol. The number of rotatable bonds is 4. The highest BCUT2D eigenvalue weighted by Crippen LogP contribution is 2.22. The van der Waals surface area contributed by atoms with E-state index in [1.165, 1.54) is 23.5 Å². The van der Waals surface area contributed by atoms with E-state index in [4.69, 9.17) is 5.73 Å². The van der Waals surface area contributed by atoms with Crippen molar-refractivity contribution in [1.82, 2.24) is 0 Å². The van der Waals surface area contributed by atoms with Crippen molar-refractivity contribution in [2.75, 3.05) is 11.4 Å². The van der Waals surface area contributed by atoms with Crippen molar-refractivity contribution < 1.29 is 9.18 Å². The van der Waals surface area contributed by atoms with Crippen molar-refractivity contribution >= 4 is 22.9 Å². The number of anilines is 1. The highest BCUT2D eigenvalue weighted by atomic mass is 32.1. The highest BCUT2D eigenvalue weighted by Gasteiger charge is 2.23. The summed E-state index contributed by atoms with van der Waals surface area (Å²) in [5.41, 5.74) is 6.63. The van der Waals surface area contributed by atoms with Crippen LogP contribution in [0, 0.1) is 5.82 Å². The molecule has 1 heterocycles. The zero-order valence-electron chi connectivity index (χ0n) is 10.5. The third-order valence-corrected chi connectivity index (χ3v) is 3.79. The Morgan fingerprint density at radius 3 is 2.58 bits per heavy atom. The van der Waals surface area contributed by atoms with Crippen molar-refractivity contribution in [2.24, 2.45) is 5.73 Å². The van der Waals surface area contributed by atoms with Gasteiger partial charge in [0.2, 0.25) is 5.91 Å². The summed E-state index contributed by atoms with van der Waals surface area (Å²) in [5, 5.41) is 1.89. The van der Waals surface area contributed by atoms with Crippen LogP contribution in [0.5, 0.6) is 0 Å². The van der Waals surface area contributed by atoms with Crippen LogP contribution in [0.3, 0.4) is 0 Å². The molecule has 2 rings (SSSR count). The zero-order chi connectivity index (χ0) is 13.8. The number of likely N-dealkylation sites (N-methyl/N-ethyl adjacent to an activating group) is 1. The molecular formula is C14H15FN2OS. The van der Waals surface area contributed by atoms with E-state index in [2.05, 4.69) is 0 Å². The van der Waals surface area contributed by atoms with Gasteiger partial charge < -0.3 is 10.6 Å². The number of halogens is 1. The number of benzene rings is 1. The molecule has 0 aliphatic heterocycles. The van der Waals surface area contributed by atoms with Gasteiger partial charge in [0.25, 0.3) is 0 Å². The molecule has 0 aliphatic carbocycles. The molecular weight excluding hydrogens is 263 g/mol. The van der Waals surface area contributed by atoms with Crippen LogP contribution in [0.2, 0.25) is 0 Å². The number of hydrogen-bond acceptors (Lipinski definition) is 3. The second kappa shape index (κ2) is 5.95. The molecule has 0 saturated heterocycles. The summed E-state index contributed by atoms with van der Waals surface area (Å²) in [5.74, 6) is -0.508. The van der Waals surface area contributed by atoms with E-state index in [0.717, 1.165) is 4.88 Å². The molecule has 5 heteroatoms. The molecule has 0 radical (unpaired) electrons. The molecule has 1 amide bonds. The van der Waals surface area contributed by atoms with E-state index in [1.54, 1.807) is 17.0 Å². The monoisotopic (exact) mass is 278 g/mol. The van der Waals surface area contributed by atoms with E-state index in [1.807, 2.05) is 24.4 Å². The number of carbonyl (C=O) groups excluding carboxylic acids is 1. The first-order chi connectivity index (χ1) is 9.13. The molecule has 0 saturated carbocycles. The van der Waals surface area contributed by atoms with Crippen LogP contribution in [0.1, 0.15) is 17.8 Å². The van der Waals surface area contributed by atoms with E-state index < -0.39 is 6.04 Å². The third kappa shape index (κ3) is 3.00. The molecule has 3 nitrogen and oxygen atoms in total. The van der Waals surface area contributed by atoms with E-state index in [0.29, 0.717) is 12.2 Å². The Balaban J connectivity index is 2.22. The SMILES string of the molecule is CCN(C(=O)C(N)c1cccs1)c1ccc(F)cc1. The molecule has 1 aromatic heterocycles. The number of nitrogens with two attached hydrogens (primary N) is 1. The van der Waals surface area contributed by atoms with E-state index in [-0.39, 0.29) is 11.7 Å². The fourth-order valence-electron chi connectivity index (χ4n) is 1.84. The Kier molecular flexibility index (Phi) is 4.29. The Morgan fingerprint density at radius 1 is 1.37 bits per heavy atom. The van der Waals surface area contributed by atoms with Crippen molar-refractivity contribution in [3.8, 4) is 0 Å². The fraction of sp³-hybridized carbons (Fsp3) is 0.214. The normalized spacial score (nSPS) is 12.2. The van der Waals surface area contributed by atoms with Crippen LogP contribution in [0.4, 0.5) is 10.1 Å². The standard InChI is InChI=1S/C14H15FN2OS/c1-2-17(11-7-5-10(15)6-8-11)14(18)13(16)12-4-3-9-19-12/h3-9,13H,2,16H2,1H3. The van der Waals surface area contributed by atoms with Gasteiger partial charge >= 0.3 is 0 Å². The van der Waals surface area contributed by atoms with Crippen LogP contribution >= 0.6 is 11.3 Å². The predicted molar refractivity (Wildman–Crippen MR) is 75.7 cm³/mol.